The predicted molar refractivity (Wildman–Crippen MR) is 97.1 cm³/mol. The minimum absolute atomic E-state index is 0.0237. The van der Waals surface area contributed by atoms with Gasteiger partial charge in [-0.2, -0.15) is 4.98 Å². The highest BCUT2D eigenvalue weighted by atomic mass is 35.5. The van der Waals surface area contributed by atoms with Crippen LogP contribution in [-0.2, 0) is 0 Å². The Labute approximate surface area is 151 Å². The highest BCUT2D eigenvalue weighted by Gasteiger charge is 2.17. The van der Waals surface area contributed by atoms with Crippen molar-refractivity contribution in [2.24, 2.45) is 0 Å². The molecule has 8 nitrogen and oxygen atoms in total. The van der Waals surface area contributed by atoms with E-state index in [1.807, 2.05) is 0 Å². The second kappa shape index (κ2) is 6.16. The molecule has 0 radical (unpaired) electrons. The van der Waals surface area contributed by atoms with Crippen LogP contribution >= 0.6 is 11.6 Å². The number of aromatic amines is 1. The van der Waals surface area contributed by atoms with Crippen LogP contribution in [0.15, 0.2) is 47.3 Å². The van der Waals surface area contributed by atoms with E-state index in [2.05, 4.69) is 20.4 Å². The van der Waals surface area contributed by atoms with Gasteiger partial charge in [-0.1, -0.05) is 17.7 Å². The molecule has 2 N–H and O–H groups in total. The van der Waals surface area contributed by atoms with Crippen LogP contribution < -0.4 is 15.6 Å². The van der Waals surface area contributed by atoms with Crippen LogP contribution in [0.1, 0.15) is 10.6 Å². The Morgan fingerprint density at radius 1 is 1.27 bits per heavy atom. The van der Waals surface area contributed by atoms with Crippen molar-refractivity contribution in [1.29, 1.82) is 0 Å². The number of amides is 1. The number of carbonyl (C=O) groups is 1. The Balaban J connectivity index is 1.77. The lowest BCUT2D eigenvalue weighted by atomic mass is 10.3. The number of anilines is 1. The van der Waals surface area contributed by atoms with Crippen LogP contribution in [0.5, 0.6) is 5.75 Å². The Morgan fingerprint density at radius 2 is 2.12 bits per heavy atom. The molecule has 4 aromatic rings. The molecular formula is C17H12ClN5O3. The molecule has 0 aliphatic carbocycles. The van der Waals surface area contributed by atoms with Crippen LogP contribution in [0.3, 0.4) is 0 Å². The summed E-state index contributed by atoms with van der Waals surface area (Å²) in [6.07, 6.45) is 0. The van der Waals surface area contributed by atoms with Gasteiger partial charge < -0.3 is 15.0 Å². The first kappa shape index (κ1) is 16.1. The van der Waals surface area contributed by atoms with E-state index in [0.717, 1.165) is 0 Å². The fourth-order valence-electron chi connectivity index (χ4n) is 2.58. The summed E-state index contributed by atoms with van der Waals surface area (Å²) < 4.78 is 6.45. The molecule has 0 fully saturated rings. The molecule has 4 rings (SSSR count). The molecule has 0 aliphatic rings. The van der Waals surface area contributed by atoms with E-state index in [9.17, 15) is 9.59 Å². The van der Waals surface area contributed by atoms with Crippen molar-refractivity contribution in [3.05, 3.63) is 63.7 Å². The molecule has 0 saturated carbocycles. The van der Waals surface area contributed by atoms with Gasteiger partial charge in [-0.15, -0.1) is 5.10 Å². The highest BCUT2D eigenvalue weighted by Crippen LogP contribution is 2.18. The lowest BCUT2D eigenvalue weighted by Gasteiger charge is -2.04. The van der Waals surface area contributed by atoms with Gasteiger partial charge in [0, 0.05) is 16.8 Å². The maximum atomic E-state index is 12.5. The number of rotatable bonds is 3. The molecule has 2 aromatic heterocycles. The number of benzene rings is 2. The molecule has 0 unspecified atom stereocenters. The lowest BCUT2D eigenvalue weighted by molar-refractivity contribution is 0.101. The molecule has 130 valence electrons. The third-order valence-electron chi connectivity index (χ3n) is 3.78. The minimum Gasteiger partial charge on any atom is -0.497 e. The summed E-state index contributed by atoms with van der Waals surface area (Å²) in [6, 6.07) is 11.8. The average molecular weight is 370 g/mol. The quantitative estimate of drug-likeness (QED) is 0.577. The van der Waals surface area contributed by atoms with E-state index in [1.165, 1.54) is 11.6 Å². The van der Waals surface area contributed by atoms with Gasteiger partial charge in [-0.3, -0.25) is 9.59 Å². The summed E-state index contributed by atoms with van der Waals surface area (Å²) in [5.74, 6) is -0.0608. The Hall–Kier alpha value is -3.39. The van der Waals surface area contributed by atoms with Gasteiger partial charge >= 0.3 is 0 Å². The number of hydrogen-bond acceptors (Lipinski definition) is 5. The molecule has 0 bridgehead atoms. The first-order valence-electron chi connectivity index (χ1n) is 7.59. The number of H-pyrrole nitrogens is 1. The van der Waals surface area contributed by atoms with E-state index >= 15 is 0 Å². The maximum Gasteiger partial charge on any atom is 0.295 e. The summed E-state index contributed by atoms with van der Waals surface area (Å²) in [4.78, 5) is 31.4. The number of hydrogen-bond donors (Lipinski definition) is 2. The normalized spacial score (nSPS) is 11.0. The molecule has 0 spiro atoms. The fourth-order valence-corrected chi connectivity index (χ4v) is 2.75. The van der Waals surface area contributed by atoms with Crippen molar-refractivity contribution < 1.29 is 9.53 Å². The topological polar surface area (TPSA) is 101 Å². The zero-order valence-electron chi connectivity index (χ0n) is 13.5. The van der Waals surface area contributed by atoms with Crippen molar-refractivity contribution in [2.45, 2.75) is 0 Å². The van der Waals surface area contributed by atoms with Gasteiger partial charge in [0.15, 0.2) is 0 Å². The summed E-state index contributed by atoms with van der Waals surface area (Å²) in [5.41, 5.74) is 1.17. The number of carbonyl (C=O) groups excluding carboxylic acids is 1. The van der Waals surface area contributed by atoms with Crippen LogP contribution in [0.4, 0.5) is 5.69 Å². The van der Waals surface area contributed by atoms with Crippen LogP contribution in [0, 0.1) is 0 Å². The summed E-state index contributed by atoms with van der Waals surface area (Å²) in [7, 11) is 1.54. The first-order chi connectivity index (χ1) is 12.5. The molecule has 0 aliphatic heterocycles. The van der Waals surface area contributed by atoms with Crippen molar-refractivity contribution in [3.8, 4) is 5.75 Å². The SMILES string of the molecule is COc1cccc(NC(=O)c2nc3c(=O)[nH]c4cc(Cl)ccc4n3n2)c1. The van der Waals surface area contributed by atoms with E-state index < -0.39 is 11.5 Å². The zero-order chi connectivity index (χ0) is 18.3. The van der Waals surface area contributed by atoms with E-state index in [-0.39, 0.29) is 11.5 Å². The molecular weight excluding hydrogens is 358 g/mol. The zero-order valence-corrected chi connectivity index (χ0v) is 14.2. The average Bonchev–Trinajstić information content (AvgIpc) is 3.08. The number of ether oxygens (including phenoxy) is 1. The monoisotopic (exact) mass is 369 g/mol. The van der Waals surface area contributed by atoms with Gasteiger partial charge in [0.1, 0.15) is 5.75 Å². The third kappa shape index (κ3) is 2.76. The van der Waals surface area contributed by atoms with Gasteiger partial charge in [0.25, 0.3) is 11.5 Å². The summed E-state index contributed by atoms with van der Waals surface area (Å²) >= 11 is 5.95. The largest absolute Gasteiger partial charge is 0.497 e. The van der Waals surface area contributed by atoms with Crippen molar-refractivity contribution in [2.75, 3.05) is 12.4 Å². The maximum absolute atomic E-state index is 12.5. The first-order valence-corrected chi connectivity index (χ1v) is 7.97. The van der Waals surface area contributed by atoms with Crippen molar-refractivity contribution >= 4 is 39.9 Å². The fraction of sp³-hybridized carbons (Fsp3) is 0.0588. The summed E-state index contributed by atoms with van der Waals surface area (Å²) in [5, 5.41) is 7.32. The third-order valence-corrected chi connectivity index (χ3v) is 4.01. The molecule has 2 heterocycles. The standard InChI is InChI=1S/C17H12ClN5O3/c1-26-11-4-2-3-10(8-11)19-16(24)14-21-15-17(25)20-12-7-9(18)5-6-13(12)23(15)22-14/h2-8H,1H3,(H,19,24)(H,20,25). The Morgan fingerprint density at radius 3 is 2.92 bits per heavy atom. The van der Waals surface area contributed by atoms with Crippen molar-refractivity contribution in [1.82, 2.24) is 19.6 Å². The number of halogens is 1. The van der Waals surface area contributed by atoms with Gasteiger partial charge in [-0.05, 0) is 30.3 Å². The molecule has 2 aromatic carbocycles. The number of methoxy groups -OCH3 is 1. The summed E-state index contributed by atoms with van der Waals surface area (Å²) in [6.45, 7) is 0. The minimum atomic E-state index is -0.538. The van der Waals surface area contributed by atoms with Crippen LogP contribution in [0.25, 0.3) is 16.7 Å². The number of fused-ring (bicyclic) bond motifs is 3. The van der Waals surface area contributed by atoms with Crippen LogP contribution in [-0.4, -0.2) is 32.6 Å². The van der Waals surface area contributed by atoms with E-state index in [4.69, 9.17) is 16.3 Å². The second-order valence-corrected chi connectivity index (χ2v) is 5.91. The number of nitrogens with one attached hydrogen (secondary N) is 2. The Bertz CT molecular complexity index is 1210. The molecule has 0 atom stereocenters. The second-order valence-electron chi connectivity index (χ2n) is 5.47. The van der Waals surface area contributed by atoms with E-state index in [1.54, 1.807) is 42.5 Å². The van der Waals surface area contributed by atoms with Crippen LogP contribution in [0.2, 0.25) is 5.02 Å². The Kier molecular flexibility index (Phi) is 3.81. The number of aromatic nitrogens is 4. The molecule has 26 heavy (non-hydrogen) atoms. The van der Waals surface area contributed by atoms with Gasteiger partial charge in [0.05, 0.1) is 18.1 Å². The number of nitrogens with zero attached hydrogens (tertiary/aromatic N) is 3. The smallest absolute Gasteiger partial charge is 0.295 e. The van der Waals surface area contributed by atoms with Crippen molar-refractivity contribution in [3.63, 3.8) is 0 Å². The van der Waals surface area contributed by atoms with E-state index in [0.29, 0.717) is 27.5 Å². The molecule has 0 saturated heterocycles. The molecule has 9 heteroatoms. The highest BCUT2D eigenvalue weighted by molar-refractivity contribution is 6.31. The molecule has 1 amide bonds. The predicted octanol–water partition coefficient (Wildman–Crippen LogP) is 2.49. The van der Waals surface area contributed by atoms with Gasteiger partial charge in [0.2, 0.25) is 11.5 Å². The lowest BCUT2D eigenvalue weighted by Crippen LogP contribution is -2.14. The van der Waals surface area contributed by atoms with Gasteiger partial charge in [-0.25, -0.2) is 4.52 Å².